The Labute approximate surface area is 124 Å². The van der Waals surface area contributed by atoms with E-state index in [0.717, 1.165) is 31.8 Å². The minimum absolute atomic E-state index is 0.0969. The summed E-state index contributed by atoms with van der Waals surface area (Å²) in [5.41, 5.74) is 6.25. The third kappa shape index (κ3) is 4.21. The van der Waals surface area contributed by atoms with Crippen molar-refractivity contribution < 1.29 is 4.79 Å². The highest BCUT2D eigenvalue weighted by molar-refractivity contribution is 5.79. The lowest BCUT2D eigenvalue weighted by atomic mass is 9.93. The van der Waals surface area contributed by atoms with Crippen molar-refractivity contribution in [2.45, 2.75) is 77.2 Å². The molecule has 2 fully saturated rings. The van der Waals surface area contributed by atoms with Crippen LogP contribution in [-0.2, 0) is 4.79 Å². The fraction of sp³-hybridized carbons (Fsp3) is 0.941. The second-order valence-electron chi connectivity index (χ2n) is 6.82. The van der Waals surface area contributed by atoms with E-state index in [-0.39, 0.29) is 12.0 Å². The van der Waals surface area contributed by atoms with E-state index < -0.39 is 0 Å². The standard InChI is InChI=1S/C17H32N2O/c1-2-7-14-8-6-12-19(13-11-14)17(20)15-9-4-3-5-10-16(15)18/h14-16H,2-13,18H2,1H3. The second kappa shape index (κ2) is 8.02. The van der Waals surface area contributed by atoms with Crippen LogP contribution in [0, 0.1) is 11.8 Å². The maximum atomic E-state index is 12.8. The molecule has 3 nitrogen and oxygen atoms in total. The second-order valence-corrected chi connectivity index (χ2v) is 6.82. The molecule has 1 saturated carbocycles. The predicted molar refractivity (Wildman–Crippen MR) is 83.4 cm³/mol. The number of hydrogen-bond donors (Lipinski definition) is 1. The molecule has 3 atom stereocenters. The topological polar surface area (TPSA) is 46.3 Å². The van der Waals surface area contributed by atoms with E-state index in [1.54, 1.807) is 0 Å². The van der Waals surface area contributed by atoms with Gasteiger partial charge in [0.15, 0.2) is 0 Å². The first kappa shape index (κ1) is 15.8. The lowest BCUT2D eigenvalue weighted by Crippen LogP contribution is -2.44. The van der Waals surface area contributed by atoms with Gasteiger partial charge in [0.25, 0.3) is 0 Å². The highest BCUT2D eigenvalue weighted by Crippen LogP contribution is 2.27. The van der Waals surface area contributed by atoms with Crippen LogP contribution in [0.5, 0.6) is 0 Å². The summed E-state index contributed by atoms with van der Waals surface area (Å²) >= 11 is 0. The zero-order valence-electron chi connectivity index (χ0n) is 13.2. The highest BCUT2D eigenvalue weighted by Gasteiger charge is 2.31. The van der Waals surface area contributed by atoms with Crippen LogP contribution in [0.25, 0.3) is 0 Å². The number of carbonyl (C=O) groups excluding carboxylic acids is 1. The van der Waals surface area contributed by atoms with E-state index in [0.29, 0.717) is 5.91 Å². The SMILES string of the molecule is CCCC1CCCN(C(=O)C2CCCCCC2N)CC1. The fourth-order valence-corrected chi connectivity index (χ4v) is 3.96. The van der Waals surface area contributed by atoms with Gasteiger partial charge in [-0.1, -0.05) is 39.0 Å². The van der Waals surface area contributed by atoms with Crippen LogP contribution in [0.2, 0.25) is 0 Å². The third-order valence-electron chi connectivity index (χ3n) is 5.24. The highest BCUT2D eigenvalue weighted by atomic mass is 16.2. The lowest BCUT2D eigenvalue weighted by Gasteiger charge is -2.28. The van der Waals surface area contributed by atoms with Crippen molar-refractivity contribution in [2.75, 3.05) is 13.1 Å². The molecular weight excluding hydrogens is 248 g/mol. The molecule has 20 heavy (non-hydrogen) atoms. The predicted octanol–water partition coefficient (Wildman–Crippen LogP) is 3.32. The Morgan fingerprint density at radius 2 is 1.85 bits per heavy atom. The van der Waals surface area contributed by atoms with Crippen molar-refractivity contribution >= 4 is 5.91 Å². The van der Waals surface area contributed by atoms with E-state index >= 15 is 0 Å². The minimum Gasteiger partial charge on any atom is -0.342 e. The number of amides is 1. The van der Waals surface area contributed by atoms with Gasteiger partial charge in [0, 0.05) is 19.1 Å². The fourth-order valence-electron chi connectivity index (χ4n) is 3.96. The van der Waals surface area contributed by atoms with Crippen LogP contribution in [0.3, 0.4) is 0 Å². The molecule has 1 saturated heterocycles. The quantitative estimate of drug-likeness (QED) is 0.806. The van der Waals surface area contributed by atoms with Gasteiger partial charge in [-0.25, -0.2) is 0 Å². The van der Waals surface area contributed by atoms with Crippen molar-refractivity contribution in [1.82, 2.24) is 4.90 Å². The molecule has 2 rings (SSSR count). The summed E-state index contributed by atoms with van der Waals surface area (Å²) < 4.78 is 0. The van der Waals surface area contributed by atoms with Crippen molar-refractivity contribution in [2.24, 2.45) is 17.6 Å². The summed E-state index contributed by atoms with van der Waals surface area (Å²) in [4.78, 5) is 14.9. The number of nitrogens with zero attached hydrogens (tertiary/aromatic N) is 1. The molecule has 3 heteroatoms. The molecule has 1 aliphatic carbocycles. The summed E-state index contributed by atoms with van der Waals surface area (Å²) in [6.07, 6.45) is 11.9. The number of carbonyl (C=O) groups is 1. The first-order valence-electron chi connectivity index (χ1n) is 8.76. The van der Waals surface area contributed by atoms with Gasteiger partial charge in [0.2, 0.25) is 5.91 Å². The molecular formula is C17H32N2O. The van der Waals surface area contributed by atoms with Gasteiger partial charge in [-0.15, -0.1) is 0 Å². The van der Waals surface area contributed by atoms with E-state index in [2.05, 4.69) is 11.8 Å². The molecule has 0 aromatic carbocycles. The zero-order chi connectivity index (χ0) is 14.4. The molecule has 2 aliphatic rings. The molecule has 0 aromatic rings. The molecule has 0 bridgehead atoms. The van der Waals surface area contributed by atoms with E-state index in [9.17, 15) is 4.79 Å². The molecule has 116 valence electrons. The van der Waals surface area contributed by atoms with Gasteiger partial charge in [0.1, 0.15) is 0 Å². The monoisotopic (exact) mass is 280 g/mol. The number of nitrogens with two attached hydrogens (primary N) is 1. The molecule has 1 heterocycles. The van der Waals surface area contributed by atoms with Gasteiger partial charge in [-0.3, -0.25) is 4.79 Å². The van der Waals surface area contributed by atoms with E-state index in [1.165, 1.54) is 51.4 Å². The van der Waals surface area contributed by atoms with Crippen molar-refractivity contribution in [3.8, 4) is 0 Å². The van der Waals surface area contributed by atoms with Crippen LogP contribution in [0.15, 0.2) is 0 Å². The summed E-state index contributed by atoms with van der Waals surface area (Å²) in [7, 11) is 0. The van der Waals surface area contributed by atoms with Gasteiger partial charge in [-0.2, -0.15) is 0 Å². The molecule has 0 spiro atoms. The lowest BCUT2D eigenvalue weighted by molar-refractivity contribution is -0.136. The summed E-state index contributed by atoms with van der Waals surface area (Å²) in [5, 5.41) is 0. The van der Waals surface area contributed by atoms with Crippen LogP contribution in [-0.4, -0.2) is 29.9 Å². The molecule has 1 aliphatic heterocycles. The van der Waals surface area contributed by atoms with Crippen molar-refractivity contribution in [3.63, 3.8) is 0 Å². The molecule has 1 amide bonds. The molecule has 0 aromatic heterocycles. The maximum Gasteiger partial charge on any atom is 0.227 e. The van der Waals surface area contributed by atoms with Crippen LogP contribution >= 0.6 is 0 Å². The van der Waals surface area contributed by atoms with Crippen LogP contribution in [0.1, 0.15) is 71.1 Å². The smallest absolute Gasteiger partial charge is 0.227 e. The summed E-state index contributed by atoms with van der Waals surface area (Å²) in [6, 6.07) is 0.0969. The Hall–Kier alpha value is -0.570. The normalized spacial score (nSPS) is 32.5. The minimum atomic E-state index is 0.0969. The molecule has 2 N–H and O–H groups in total. The number of hydrogen-bond acceptors (Lipinski definition) is 2. The van der Waals surface area contributed by atoms with Gasteiger partial charge >= 0.3 is 0 Å². The number of likely N-dealkylation sites (tertiary alicyclic amines) is 1. The Balaban J connectivity index is 1.90. The van der Waals surface area contributed by atoms with E-state index in [4.69, 9.17) is 5.73 Å². The maximum absolute atomic E-state index is 12.8. The Kier molecular flexibility index (Phi) is 6.34. The average molecular weight is 280 g/mol. The van der Waals surface area contributed by atoms with Gasteiger partial charge in [-0.05, 0) is 38.0 Å². The molecule has 3 unspecified atom stereocenters. The average Bonchev–Trinajstić information content (AvgIpc) is 2.79. The van der Waals surface area contributed by atoms with Gasteiger partial charge < -0.3 is 10.6 Å². The summed E-state index contributed by atoms with van der Waals surface area (Å²) in [5.74, 6) is 1.29. The van der Waals surface area contributed by atoms with Crippen molar-refractivity contribution in [3.05, 3.63) is 0 Å². The van der Waals surface area contributed by atoms with E-state index in [1.807, 2.05) is 0 Å². The van der Waals surface area contributed by atoms with Gasteiger partial charge in [0.05, 0.1) is 5.92 Å². The Morgan fingerprint density at radius 3 is 2.65 bits per heavy atom. The Bertz CT molecular complexity index is 305. The third-order valence-corrected chi connectivity index (χ3v) is 5.24. The number of rotatable bonds is 3. The van der Waals surface area contributed by atoms with Crippen LogP contribution in [0.4, 0.5) is 0 Å². The Morgan fingerprint density at radius 1 is 1.05 bits per heavy atom. The zero-order valence-corrected chi connectivity index (χ0v) is 13.2. The first-order chi connectivity index (χ1) is 9.72. The first-order valence-corrected chi connectivity index (χ1v) is 8.76. The largest absolute Gasteiger partial charge is 0.342 e. The van der Waals surface area contributed by atoms with Crippen LogP contribution < -0.4 is 5.73 Å². The van der Waals surface area contributed by atoms with Crippen molar-refractivity contribution in [1.29, 1.82) is 0 Å². The molecule has 0 radical (unpaired) electrons. The summed E-state index contributed by atoms with van der Waals surface area (Å²) in [6.45, 7) is 4.19.